The molecule has 8 nitrogen and oxygen atoms in total. The topological polar surface area (TPSA) is 107 Å². The molecule has 2 heterocycles. The zero-order chi connectivity index (χ0) is 17.2. The van der Waals surface area contributed by atoms with Crippen molar-refractivity contribution in [1.82, 2.24) is 25.0 Å². The number of nitrogens with two attached hydrogens (primary N) is 1. The summed E-state index contributed by atoms with van der Waals surface area (Å²) >= 11 is 0. The summed E-state index contributed by atoms with van der Waals surface area (Å²) in [5.41, 5.74) is 8.51. The summed E-state index contributed by atoms with van der Waals surface area (Å²) < 4.78 is 1.65. The first-order valence-corrected chi connectivity index (χ1v) is 8.62. The lowest BCUT2D eigenvalue weighted by molar-refractivity contribution is 0.402. The molecular weight excluding hydrogens is 316 g/mol. The Kier molecular flexibility index (Phi) is 4.19. The molecule has 1 saturated carbocycles. The van der Waals surface area contributed by atoms with Gasteiger partial charge in [0.15, 0.2) is 17.0 Å². The normalized spacial score (nSPS) is 20.6. The number of nitrogens with one attached hydrogen (secondary N) is 2. The number of para-hydroxylation sites is 1. The average molecular weight is 338 g/mol. The van der Waals surface area contributed by atoms with Crippen LogP contribution < -0.4 is 16.4 Å². The van der Waals surface area contributed by atoms with Crippen LogP contribution in [0, 0.1) is 0 Å². The van der Waals surface area contributed by atoms with Gasteiger partial charge >= 0.3 is 0 Å². The van der Waals surface area contributed by atoms with Crippen LogP contribution in [0.3, 0.4) is 0 Å². The van der Waals surface area contributed by atoms with Gasteiger partial charge in [0.2, 0.25) is 5.95 Å². The molecule has 2 aromatic heterocycles. The van der Waals surface area contributed by atoms with Crippen LogP contribution >= 0.6 is 0 Å². The van der Waals surface area contributed by atoms with Gasteiger partial charge in [0.1, 0.15) is 0 Å². The highest BCUT2D eigenvalue weighted by molar-refractivity contribution is 5.85. The highest BCUT2D eigenvalue weighted by Gasteiger charge is 2.23. The third-order valence-electron chi connectivity index (χ3n) is 4.62. The summed E-state index contributed by atoms with van der Waals surface area (Å²) in [6, 6.07) is 10.2. The first-order valence-electron chi connectivity index (χ1n) is 8.62. The van der Waals surface area contributed by atoms with E-state index in [0.717, 1.165) is 18.5 Å². The number of anilines is 3. The lowest BCUT2D eigenvalue weighted by Gasteiger charge is -2.29. The Balaban J connectivity index is 1.69. The van der Waals surface area contributed by atoms with Crippen molar-refractivity contribution >= 4 is 28.6 Å². The second-order valence-electron chi connectivity index (χ2n) is 6.47. The minimum atomic E-state index is 0.128. The van der Waals surface area contributed by atoms with Crippen LogP contribution in [-0.4, -0.2) is 37.0 Å². The molecule has 8 heteroatoms. The molecule has 2 unspecified atom stereocenters. The fraction of sp³-hybridized carbons (Fsp3) is 0.412. The zero-order valence-electron chi connectivity index (χ0n) is 14.2. The van der Waals surface area contributed by atoms with Crippen molar-refractivity contribution in [2.45, 2.75) is 37.8 Å². The van der Waals surface area contributed by atoms with Crippen molar-refractivity contribution in [3.05, 3.63) is 30.3 Å². The maximum absolute atomic E-state index is 6.25. The molecule has 0 amide bonds. The lowest BCUT2D eigenvalue weighted by atomic mass is 9.91. The van der Waals surface area contributed by atoms with Gasteiger partial charge in [-0.05, 0) is 25.0 Å². The second kappa shape index (κ2) is 6.64. The lowest BCUT2D eigenvalue weighted by Crippen LogP contribution is -2.43. The Hall–Kier alpha value is -2.74. The number of nitrogens with zero attached hydrogens (tertiary/aromatic N) is 5. The third kappa shape index (κ3) is 3.25. The number of benzene rings is 1. The van der Waals surface area contributed by atoms with Crippen LogP contribution in [0.4, 0.5) is 17.5 Å². The summed E-state index contributed by atoms with van der Waals surface area (Å²) in [5.74, 6) is 1.19. The number of fused-ring (bicyclic) bond motifs is 1. The highest BCUT2D eigenvalue weighted by atomic mass is 15.4. The van der Waals surface area contributed by atoms with Gasteiger partial charge < -0.3 is 16.4 Å². The molecule has 0 bridgehead atoms. The second-order valence-corrected chi connectivity index (χ2v) is 6.47. The molecule has 130 valence electrons. The number of aromatic nitrogens is 5. The largest absolute Gasteiger partial charge is 0.350 e. The molecule has 1 aromatic carbocycles. The molecule has 0 radical (unpaired) electrons. The van der Waals surface area contributed by atoms with Crippen LogP contribution in [0.25, 0.3) is 11.2 Å². The summed E-state index contributed by atoms with van der Waals surface area (Å²) in [4.78, 5) is 9.22. The van der Waals surface area contributed by atoms with Crippen LogP contribution in [0.5, 0.6) is 0 Å². The monoisotopic (exact) mass is 338 g/mol. The van der Waals surface area contributed by atoms with E-state index in [4.69, 9.17) is 5.73 Å². The minimum Gasteiger partial charge on any atom is -0.350 e. The fourth-order valence-electron chi connectivity index (χ4n) is 3.23. The van der Waals surface area contributed by atoms with E-state index >= 15 is 0 Å². The molecule has 0 aliphatic heterocycles. The van der Waals surface area contributed by atoms with Gasteiger partial charge in [-0.15, -0.1) is 5.10 Å². The Bertz CT molecular complexity index is 860. The number of aryl methyl sites for hydroxylation is 1. The molecular formula is C17H22N8. The third-order valence-corrected chi connectivity index (χ3v) is 4.62. The van der Waals surface area contributed by atoms with Crippen LogP contribution in [0.15, 0.2) is 30.3 Å². The molecule has 0 saturated heterocycles. The van der Waals surface area contributed by atoms with Crippen LogP contribution in [0.2, 0.25) is 0 Å². The molecule has 4 rings (SSSR count). The first kappa shape index (κ1) is 15.8. The van der Waals surface area contributed by atoms with Crippen molar-refractivity contribution in [2.75, 3.05) is 10.6 Å². The molecule has 3 aromatic rings. The van der Waals surface area contributed by atoms with E-state index < -0.39 is 0 Å². The van der Waals surface area contributed by atoms with E-state index in [2.05, 4.69) is 30.9 Å². The SMILES string of the molecule is Cn1nnc2c(Nc3ccccc3)nc(NC3CCCCC3N)nc21. The first-order chi connectivity index (χ1) is 12.2. The maximum Gasteiger partial charge on any atom is 0.227 e. The molecule has 1 aliphatic rings. The molecule has 2 atom stereocenters. The van der Waals surface area contributed by atoms with E-state index in [0.29, 0.717) is 22.9 Å². The van der Waals surface area contributed by atoms with E-state index in [1.807, 2.05) is 37.4 Å². The van der Waals surface area contributed by atoms with Gasteiger partial charge in [0.05, 0.1) is 0 Å². The van der Waals surface area contributed by atoms with E-state index in [9.17, 15) is 0 Å². The Morgan fingerprint density at radius 3 is 2.72 bits per heavy atom. The van der Waals surface area contributed by atoms with Crippen molar-refractivity contribution in [3.63, 3.8) is 0 Å². The Morgan fingerprint density at radius 2 is 1.92 bits per heavy atom. The van der Waals surface area contributed by atoms with E-state index in [1.54, 1.807) is 4.68 Å². The highest BCUT2D eigenvalue weighted by Crippen LogP contribution is 2.25. The Morgan fingerprint density at radius 1 is 1.12 bits per heavy atom. The molecule has 0 spiro atoms. The molecule has 1 aliphatic carbocycles. The van der Waals surface area contributed by atoms with Crippen molar-refractivity contribution in [1.29, 1.82) is 0 Å². The van der Waals surface area contributed by atoms with Crippen molar-refractivity contribution < 1.29 is 0 Å². The van der Waals surface area contributed by atoms with Crippen LogP contribution in [0.1, 0.15) is 25.7 Å². The Labute approximate surface area is 145 Å². The number of hydrogen-bond acceptors (Lipinski definition) is 7. The van der Waals surface area contributed by atoms with E-state index in [-0.39, 0.29) is 12.1 Å². The smallest absolute Gasteiger partial charge is 0.227 e. The predicted octanol–water partition coefficient (Wildman–Crippen LogP) is 2.18. The summed E-state index contributed by atoms with van der Waals surface area (Å²) in [6.45, 7) is 0. The molecule has 4 N–H and O–H groups in total. The predicted molar refractivity (Wildman–Crippen MR) is 97.7 cm³/mol. The van der Waals surface area contributed by atoms with Gasteiger partial charge in [-0.2, -0.15) is 9.97 Å². The number of hydrogen-bond donors (Lipinski definition) is 3. The standard InChI is InChI=1S/C17H22N8/c1-25-16-14(23-24-25)15(19-11-7-3-2-4-8-11)21-17(22-16)20-13-10-6-5-9-12(13)18/h2-4,7-8,12-13H,5-6,9-10,18H2,1H3,(H2,19,20,21,22). The quantitative estimate of drug-likeness (QED) is 0.669. The van der Waals surface area contributed by atoms with Gasteiger partial charge in [0.25, 0.3) is 0 Å². The van der Waals surface area contributed by atoms with Gasteiger partial charge in [-0.25, -0.2) is 4.68 Å². The van der Waals surface area contributed by atoms with Crippen molar-refractivity contribution in [3.8, 4) is 0 Å². The van der Waals surface area contributed by atoms with Gasteiger partial charge in [0, 0.05) is 24.8 Å². The number of rotatable bonds is 4. The zero-order valence-corrected chi connectivity index (χ0v) is 14.2. The fourth-order valence-corrected chi connectivity index (χ4v) is 3.23. The minimum absolute atomic E-state index is 0.128. The summed E-state index contributed by atoms with van der Waals surface area (Å²) in [7, 11) is 1.82. The summed E-state index contributed by atoms with van der Waals surface area (Å²) in [5, 5.41) is 15.0. The average Bonchev–Trinajstić information content (AvgIpc) is 2.99. The molecule has 25 heavy (non-hydrogen) atoms. The maximum atomic E-state index is 6.25. The van der Waals surface area contributed by atoms with Gasteiger partial charge in [-0.3, -0.25) is 0 Å². The van der Waals surface area contributed by atoms with Gasteiger partial charge in [-0.1, -0.05) is 36.3 Å². The summed E-state index contributed by atoms with van der Waals surface area (Å²) in [6.07, 6.45) is 4.43. The molecule has 1 fully saturated rings. The van der Waals surface area contributed by atoms with Crippen molar-refractivity contribution in [2.24, 2.45) is 12.8 Å². The van der Waals surface area contributed by atoms with E-state index in [1.165, 1.54) is 12.8 Å². The van der Waals surface area contributed by atoms with Crippen LogP contribution in [-0.2, 0) is 7.05 Å².